The Morgan fingerprint density at radius 3 is 1.50 bits per heavy atom. The van der Waals surface area contributed by atoms with E-state index < -0.39 is 12.3 Å². The average Bonchev–Trinajstić information content (AvgIpc) is 1.79. The molecule has 0 aliphatic rings. The van der Waals surface area contributed by atoms with Crippen LogP contribution in [0.4, 0.5) is 9.59 Å². The highest BCUT2D eigenvalue weighted by Crippen LogP contribution is 1.82. The van der Waals surface area contributed by atoms with Crippen LogP contribution in [-0.4, -0.2) is 22.5 Å². The molecular formula is C2H2N2O6. The first-order valence-electron chi connectivity index (χ1n) is 1.83. The van der Waals surface area contributed by atoms with Gasteiger partial charge in [-0.15, -0.1) is 0 Å². The fourth-order valence-corrected chi connectivity index (χ4v) is 0.103. The molecule has 0 radical (unpaired) electrons. The molecule has 0 saturated carbocycles. The Bertz CT molecular complexity index is 145. The number of hydrogen-bond donors (Lipinski definition) is 2. The van der Waals surface area contributed by atoms with Gasteiger partial charge < -0.3 is 10.2 Å². The first kappa shape index (κ1) is 8.14. The van der Waals surface area contributed by atoms with Crippen molar-refractivity contribution >= 4 is 12.3 Å². The van der Waals surface area contributed by atoms with Crippen LogP contribution in [0.15, 0.2) is 10.6 Å². The van der Waals surface area contributed by atoms with Gasteiger partial charge in [0.15, 0.2) is 0 Å². The highest BCUT2D eigenvalue weighted by molar-refractivity contribution is 5.56. The molecule has 0 aromatic heterocycles. The average molecular weight is 150 g/mol. The molecule has 0 atom stereocenters. The summed E-state index contributed by atoms with van der Waals surface area (Å²) >= 11 is 0. The monoisotopic (exact) mass is 150 g/mol. The van der Waals surface area contributed by atoms with Crippen LogP contribution in [0.5, 0.6) is 0 Å². The molecule has 0 aliphatic carbocycles. The Morgan fingerprint density at radius 2 is 1.30 bits per heavy atom. The Hall–Kier alpha value is -1.86. The molecule has 0 unspecified atom stereocenters. The van der Waals surface area contributed by atoms with E-state index >= 15 is 0 Å². The summed E-state index contributed by atoms with van der Waals surface area (Å²) in [5, 5.41) is 20.1. The van der Waals surface area contributed by atoms with Gasteiger partial charge in [0, 0.05) is 0 Å². The Balaban J connectivity index is 3.38. The first-order valence-corrected chi connectivity index (χ1v) is 1.83. The summed E-state index contributed by atoms with van der Waals surface area (Å²) in [6.45, 7) is 0. The Labute approximate surface area is 53.6 Å². The summed E-state index contributed by atoms with van der Waals surface area (Å²) in [5.74, 6) is 0. The third-order valence-corrected chi connectivity index (χ3v) is 0.271. The van der Waals surface area contributed by atoms with Gasteiger partial charge in [-0.3, -0.25) is 9.68 Å². The molecule has 0 spiro atoms. The van der Waals surface area contributed by atoms with Crippen LogP contribution in [0.3, 0.4) is 0 Å². The molecule has 0 heterocycles. The van der Waals surface area contributed by atoms with Crippen molar-refractivity contribution in [1.29, 1.82) is 0 Å². The van der Waals surface area contributed by atoms with Gasteiger partial charge in [-0.05, 0) is 0 Å². The van der Waals surface area contributed by atoms with Gasteiger partial charge in [-0.2, -0.15) is 0 Å². The van der Waals surface area contributed by atoms with E-state index in [1.165, 1.54) is 0 Å². The van der Waals surface area contributed by atoms with Crippen molar-refractivity contribution in [2.24, 2.45) is 10.6 Å². The number of hydrogen-bond acceptors (Lipinski definition) is 6. The predicted molar refractivity (Wildman–Crippen MR) is 23.1 cm³/mol. The van der Waals surface area contributed by atoms with E-state index in [1.807, 2.05) is 0 Å². The first-order chi connectivity index (χ1) is 4.63. The summed E-state index contributed by atoms with van der Waals surface area (Å²) in [6.07, 6.45) is -3.42. The highest BCUT2D eigenvalue weighted by atomic mass is 16.8. The second kappa shape index (κ2) is 4.06. The number of rotatable bonds is 2. The van der Waals surface area contributed by atoms with E-state index in [-0.39, 0.29) is 0 Å². The SMILES string of the molecule is O=C(O)ON=NOC(=O)O. The summed E-state index contributed by atoms with van der Waals surface area (Å²) in [5.41, 5.74) is 0. The zero-order valence-corrected chi connectivity index (χ0v) is 4.42. The maximum Gasteiger partial charge on any atom is 0.534 e. The normalized spacial score (nSPS) is 9.20. The van der Waals surface area contributed by atoms with Crippen LogP contribution in [-0.2, 0) is 9.68 Å². The molecule has 10 heavy (non-hydrogen) atoms. The highest BCUT2D eigenvalue weighted by Gasteiger charge is 1.94. The lowest BCUT2D eigenvalue weighted by atomic mass is 11.4. The van der Waals surface area contributed by atoms with Crippen molar-refractivity contribution < 1.29 is 29.5 Å². The van der Waals surface area contributed by atoms with Crippen LogP contribution in [0.25, 0.3) is 0 Å². The number of carboxylic acid groups (broad SMARTS) is 2. The largest absolute Gasteiger partial charge is 0.534 e. The zero-order chi connectivity index (χ0) is 7.98. The van der Waals surface area contributed by atoms with Gasteiger partial charge in [0.1, 0.15) is 0 Å². The third kappa shape index (κ3) is 6.14. The lowest BCUT2D eigenvalue weighted by Gasteiger charge is -1.83. The minimum Gasteiger partial charge on any atom is -0.448 e. The van der Waals surface area contributed by atoms with E-state index in [9.17, 15) is 9.59 Å². The molecule has 0 aromatic carbocycles. The van der Waals surface area contributed by atoms with E-state index in [0.717, 1.165) is 0 Å². The Kier molecular flexibility index (Phi) is 3.31. The molecule has 8 nitrogen and oxygen atoms in total. The Morgan fingerprint density at radius 1 is 1.00 bits per heavy atom. The van der Waals surface area contributed by atoms with E-state index in [2.05, 4.69) is 20.2 Å². The van der Waals surface area contributed by atoms with Crippen LogP contribution < -0.4 is 0 Å². The minimum absolute atomic E-state index is 1.71. The predicted octanol–water partition coefficient (Wildman–Crippen LogP) is 0.658. The number of carbonyl (C=O) groups is 2. The lowest BCUT2D eigenvalue weighted by Crippen LogP contribution is -1.94. The molecule has 0 saturated heterocycles. The summed E-state index contributed by atoms with van der Waals surface area (Å²) in [6, 6.07) is 0. The van der Waals surface area contributed by atoms with E-state index in [1.54, 1.807) is 0 Å². The van der Waals surface area contributed by atoms with E-state index in [4.69, 9.17) is 10.2 Å². The zero-order valence-electron chi connectivity index (χ0n) is 4.42. The van der Waals surface area contributed by atoms with Crippen molar-refractivity contribution in [3.8, 4) is 0 Å². The van der Waals surface area contributed by atoms with E-state index in [0.29, 0.717) is 0 Å². The fraction of sp³-hybridized carbons (Fsp3) is 0. The van der Waals surface area contributed by atoms with Gasteiger partial charge in [0.05, 0.1) is 10.6 Å². The molecule has 0 bridgehead atoms. The molecule has 2 N–H and O–H groups in total. The lowest BCUT2D eigenvalue weighted by molar-refractivity contribution is 0.0431. The van der Waals surface area contributed by atoms with Gasteiger partial charge in [-0.1, -0.05) is 0 Å². The molecule has 8 heteroatoms. The molecule has 0 aliphatic heterocycles. The van der Waals surface area contributed by atoms with Crippen LogP contribution >= 0.6 is 0 Å². The second-order valence-electron chi connectivity index (χ2n) is 0.878. The molecular weight excluding hydrogens is 148 g/mol. The summed E-state index contributed by atoms with van der Waals surface area (Å²) in [7, 11) is 0. The topological polar surface area (TPSA) is 118 Å². The van der Waals surface area contributed by atoms with Crippen LogP contribution in [0.2, 0.25) is 0 Å². The molecule has 0 rings (SSSR count). The minimum atomic E-state index is -1.71. The van der Waals surface area contributed by atoms with Crippen LogP contribution in [0, 0.1) is 0 Å². The number of nitrogens with zero attached hydrogens (tertiary/aromatic N) is 2. The van der Waals surface area contributed by atoms with Crippen LogP contribution in [0.1, 0.15) is 0 Å². The van der Waals surface area contributed by atoms with Crippen molar-refractivity contribution in [1.82, 2.24) is 0 Å². The fourth-order valence-electron chi connectivity index (χ4n) is 0.103. The van der Waals surface area contributed by atoms with Crippen molar-refractivity contribution in [2.45, 2.75) is 0 Å². The maximum atomic E-state index is 9.47. The molecule has 0 fully saturated rings. The second-order valence-corrected chi connectivity index (χ2v) is 0.878. The third-order valence-electron chi connectivity index (χ3n) is 0.271. The molecule has 0 aromatic rings. The molecule has 56 valence electrons. The van der Waals surface area contributed by atoms with Crippen molar-refractivity contribution in [2.75, 3.05) is 0 Å². The summed E-state index contributed by atoms with van der Waals surface area (Å²) < 4.78 is 0. The quantitative estimate of drug-likeness (QED) is 0.440. The van der Waals surface area contributed by atoms with Crippen molar-refractivity contribution in [3.63, 3.8) is 0 Å². The van der Waals surface area contributed by atoms with Crippen molar-refractivity contribution in [3.05, 3.63) is 0 Å². The maximum absolute atomic E-state index is 9.47. The summed E-state index contributed by atoms with van der Waals surface area (Å²) in [4.78, 5) is 25.7. The van der Waals surface area contributed by atoms with Gasteiger partial charge >= 0.3 is 12.3 Å². The van der Waals surface area contributed by atoms with Gasteiger partial charge in [-0.25, -0.2) is 9.59 Å². The smallest absolute Gasteiger partial charge is 0.448 e. The molecule has 0 amide bonds. The van der Waals surface area contributed by atoms with Gasteiger partial charge in [0.25, 0.3) is 0 Å². The standard InChI is InChI=1S/C2H2N2O6/c5-1(6)9-3-4-10-2(7)8/h(H,5,6)(H,7,8). The van der Waals surface area contributed by atoms with Gasteiger partial charge in [0.2, 0.25) is 0 Å².